The van der Waals surface area contributed by atoms with Crippen molar-refractivity contribution in [1.29, 1.82) is 0 Å². The summed E-state index contributed by atoms with van der Waals surface area (Å²) >= 11 is 1.36. The smallest absolute Gasteiger partial charge is 0.251 e. The van der Waals surface area contributed by atoms with E-state index in [0.717, 1.165) is 5.56 Å². The number of aryl methyl sites for hydroxylation is 1. The normalized spacial score (nSPS) is 10.1. The maximum Gasteiger partial charge on any atom is 0.251 e. The van der Waals surface area contributed by atoms with Crippen LogP contribution in [-0.2, 0) is 4.79 Å². The number of hydrogen-bond donors (Lipinski definition) is 2. The highest BCUT2D eigenvalue weighted by Crippen LogP contribution is 2.10. The number of aromatic nitrogens is 1. The van der Waals surface area contributed by atoms with E-state index in [1.165, 1.54) is 11.3 Å². The summed E-state index contributed by atoms with van der Waals surface area (Å²) in [6, 6.07) is 7.32. The minimum Gasteiger partial charge on any atom is -0.352 e. The number of carbonyl (C=O) groups excluding carboxylic acids is 2. The quantitative estimate of drug-likeness (QED) is 0.886. The van der Waals surface area contributed by atoms with Gasteiger partial charge in [0.1, 0.15) is 0 Å². The van der Waals surface area contributed by atoms with Crippen molar-refractivity contribution in [1.82, 2.24) is 10.3 Å². The van der Waals surface area contributed by atoms with Crippen LogP contribution >= 0.6 is 11.3 Å². The molecular formula is C14H15N3O2S. The zero-order chi connectivity index (χ0) is 14.4. The molecule has 2 N–H and O–H groups in total. The molecule has 0 bridgehead atoms. The van der Waals surface area contributed by atoms with Crippen molar-refractivity contribution in [2.45, 2.75) is 13.3 Å². The van der Waals surface area contributed by atoms with Gasteiger partial charge in [-0.3, -0.25) is 9.59 Å². The molecule has 104 valence electrons. The van der Waals surface area contributed by atoms with Gasteiger partial charge < -0.3 is 10.6 Å². The average Bonchev–Trinajstić information content (AvgIpc) is 2.91. The Morgan fingerprint density at radius 1 is 1.35 bits per heavy atom. The Morgan fingerprint density at radius 3 is 2.90 bits per heavy atom. The van der Waals surface area contributed by atoms with Crippen LogP contribution in [0.15, 0.2) is 35.8 Å². The van der Waals surface area contributed by atoms with Crippen LogP contribution in [0.3, 0.4) is 0 Å². The molecule has 5 nitrogen and oxygen atoms in total. The Hall–Kier alpha value is -2.21. The van der Waals surface area contributed by atoms with Gasteiger partial charge in [0.15, 0.2) is 5.13 Å². The van der Waals surface area contributed by atoms with Crippen molar-refractivity contribution >= 4 is 28.3 Å². The van der Waals surface area contributed by atoms with E-state index in [9.17, 15) is 9.59 Å². The minimum absolute atomic E-state index is 0.163. The third-order valence-corrected chi connectivity index (χ3v) is 3.29. The molecule has 1 aromatic heterocycles. The Balaban J connectivity index is 1.75. The fraction of sp³-hybridized carbons (Fsp3) is 0.214. The molecule has 20 heavy (non-hydrogen) atoms. The zero-order valence-corrected chi connectivity index (χ0v) is 11.9. The van der Waals surface area contributed by atoms with E-state index in [1.807, 2.05) is 25.1 Å². The number of thiazole rings is 1. The number of hydrogen-bond acceptors (Lipinski definition) is 4. The molecule has 0 aliphatic carbocycles. The summed E-state index contributed by atoms with van der Waals surface area (Å²) in [6.07, 6.45) is 1.84. The minimum atomic E-state index is -0.171. The number of nitrogens with zero attached hydrogens (tertiary/aromatic N) is 1. The molecule has 1 heterocycles. The third kappa shape index (κ3) is 4.17. The molecule has 0 spiro atoms. The first-order valence-corrected chi connectivity index (χ1v) is 7.07. The van der Waals surface area contributed by atoms with Gasteiger partial charge in [-0.25, -0.2) is 4.98 Å². The van der Waals surface area contributed by atoms with Crippen molar-refractivity contribution in [2.24, 2.45) is 0 Å². The van der Waals surface area contributed by atoms with Crippen LogP contribution in [0.25, 0.3) is 0 Å². The highest BCUT2D eigenvalue weighted by Gasteiger charge is 2.07. The van der Waals surface area contributed by atoms with Crippen molar-refractivity contribution in [3.05, 3.63) is 47.0 Å². The largest absolute Gasteiger partial charge is 0.352 e. The molecule has 2 aromatic rings. The van der Waals surface area contributed by atoms with E-state index in [2.05, 4.69) is 15.6 Å². The van der Waals surface area contributed by atoms with Gasteiger partial charge in [-0.2, -0.15) is 0 Å². The van der Waals surface area contributed by atoms with Crippen molar-refractivity contribution in [2.75, 3.05) is 11.9 Å². The second kappa shape index (κ2) is 6.81. The van der Waals surface area contributed by atoms with E-state index in [4.69, 9.17) is 0 Å². The van der Waals surface area contributed by atoms with Gasteiger partial charge in [0.2, 0.25) is 5.91 Å². The highest BCUT2D eigenvalue weighted by molar-refractivity contribution is 7.13. The summed E-state index contributed by atoms with van der Waals surface area (Å²) in [4.78, 5) is 27.4. The first-order valence-electron chi connectivity index (χ1n) is 6.19. The van der Waals surface area contributed by atoms with Crippen LogP contribution in [-0.4, -0.2) is 23.3 Å². The molecule has 1 aromatic carbocycles. The molecule has 0 radical (unpaired) electrons. The van der Waals surface area contributed by atoms with Gasteiger partial charge in [-0.05, 0) is 19.1 Å². The molecule has 0 fully saturated rings. The highest BCUT2D eigenvalue weighted by atomic mass is 32.1. The molecule has 2 rings (SSSR count). The van der Waals surface area contributed by atoms with Crippen molar-refractivity contribution in [3.63, 3.8) is 0 Å². The summed E-state index contributed by atoms with van der Waals surface area (Å²) < 4.78 is 0. The van der Waals surface area contributed by atoms with Gasteiger partial charge in [0.25, 0.3) is 5.91 Å². The lowest BCUT2D eigenvalue weighted by atomic mass is 10.1. The zero-order valence-electron chi connectivity index (χ0n) is 11.1. The Morgan fingerprint density at radius 2 is 2.20 bits per heavy atom. The van der Waals surface area contributed by atoms with Gasteiger partial charge >= 0.3 is 0 Å². The molecule has 0 unspecified atom stereocenters. The summed E-state index contributed by atoms with van der Waals surface area (Å²) in [5, 5.41) is 7.74. The number of carbonyl (C=O) groups is 2. The third-order valence-electron chi connectivity index (χ3n) is 2.60. The number of anilines is 1. The fourth-order valence-corrected chi connectivity index (χ4v) is 2.19. The van der Waals surface area contributed by atoms with Crippen molar-refractivity contribution in [3.8, 4) is 0 Å². The molecule has 0 atom stereocenters. The van der Waals surface area contributed by atoms with Crippen LogP contribution in [0.4, 0.5) is 5.13 Å². The Labute approximate surface area is 121 Å². The van der Waals surface area contributed by atoms with Gasteiger partial charge in [0, 0.05) is 30.1 Å². The van der Waals surface area contributed by atoms with Gasteiger partial charge in [0.05, 0.1) is 0 Å². The average molecular weight is 289 g/mol. The lowest BCUT2D eigenvalue weighted by molar-refractivity contribution is -0.116. The molecule has 0 saturated carbocycles. The predicted molar refractivity (Wildman–Crippen MR) is 78.9 cm³/mol. The van der Waals surface area contributed by atoms with Gasteiger partial charge in [-0.1, -0.05) is 17.7 Å². The molecular weight excluding hydrogens is 274 g/mol. The number of nitrogens with one attached hydrogen (secondary N) is 2. The second-order valence-corrected chi connectivity index (χ2v) is 5.16. The summed E-state index contributed by atoms with van der Waals surface area (Å²) in [5.74, 6) is -0.333. The van der Waals surface area contributed by atoms with E-state index in [-0.39, 0.29) is 18.2 Å². The first-order chi connectivity index (χ1) is 9.65. The van der Waals surface area contributed by atoms with Crippen LogP contribution in [0, 0.1) is 6.92 Å². The number of rotatable bonds is 5. The number of benzene rings is 1. The number of amides is 2. The van der Waals surface area contributed by atoms with Crippen LogP contribution in [0.2, 0.25) is 0 Å². The Bertz CT molecular complexity index is 596. The van der Waals surface area contributed by atoms with E-state index < -0.39 is 0 Å². The van der Waals surface area contributed by atoms with Gasteiger partial charge in [-0.15, -0.1) is 11.3 Å². The maximum atomic E-state index is 11.8. The monoisotopic (exact) mass is 289 g/mol. The summed E-state index contributed by atoms with van der Waals surface area (Å²) in [6.45, 7) is 2.22. The first kappa shape index (κ1) is 14.2. The second-order valence-electron chi connectivity index (χ2n) is 4.26. The topological polar surface area (TPSA) is 71.1 Å². The van der Waals surface area contributed by atoms with Crippen LogP contribution in [0.1, 0.15) is 22.3 Å². The summed E-state index contributed by atoms with van der Waals surface area (Å²) in [7, 11) is 0. The maximum absolute atomic E-state index is 11.8. The fourth-order valence-electron chi connectivity index (χ4n) is 1.64. The Kier molecular flexibility index (Phi) is 4.84. The van der Waals surface area contributed by atoms with E-state index >= 15 is 0 Å². The van der Waals surface area contributed by atoms with Crippen LogP contribution in [0.5, 0.6) is 0 Å². The standard InChI is InChI=1S/C14H15N3O2S/c1-10-3-2-4-11(9-10)13(19)15-6-5-12(18)17-14-16-7-8-20-14/h2-4,7-9H,5-6H2,1H3,(H,15,19)(H,16,17,18). The molecule has 0 saturated heterocycles. The molecule has 0 aliphatic heterocycles. The lowest BCUT2D eigenvalue weighted by Crippen LogP contribution is -2.27. The van der Waals surface area contributed by atoms with E-state index in [0.29, 0.717) is 17.2 Å². The molecule has 2 amide bonds. The summed E-state index contributed by atoms with van der Waals surface area (Å²) in [5.41, 5.74) is 1.63. The van der Waals surface area contributed by atoms with Crippen LogP contribution < -0.4 is 10.6 Å². The molecule has 6 heteroatoms. The molecule has 0 aliphatic rings. The predicted octanol–water partition coefficient (Wildman–Crippen LogP) is 2.21. The van der Waals surface area contributed by atoms with E-state index in [1.54, 1.807) is 17.6 Å². The lowest BCUT2D eigenvalue weighted by Gasteiger charge is -2.05. The van der Waals surface area contributed by atoms with Crippen molar-refractivity contribution < 1.29 is 9.59 Å². The SMILES string of the molecule is Cc1cccc(C(=O)NCCC(=O)Nc2nccs2)c1.